The highest BCUT2D eigenvalue weighted by molar-refractivity contribution is 6.01. The van der Waals surface area contributed by atoms with Gasteiger partial charge in [-0.1, -0.05) is 12.1 Å². The Morgan fingerprint density at radius 2 is 1.97 bits per heavy atom. The summed E-state index contributed by atoms with van der Waals surface area (Å²) in [4.78, 5) is 35.1. The number of nitrogens with zero attached hydrogens (tertiary/aromatic N) is 4. The Hall–Kier alpha value is -3.79. The van der Waals surface area contributed by atoms with Crippen LogP contribution in [0.15, 0.2) is 59.4 Å². The molecule has 0 radical (unpaired) electrons. The number of nitrogens with one attached hydrogen (secondary N) is 1. The standard InChI is InChI=1S/C23H21N5O2/c1-28(23(30)17-6-7-17)21-11-18(8-9-26-21)22(29)27-20-10-19(13-25-14-20)16-4-2-15(12-24)3-5-16/h2-5,8-11,14,17,19H,6-7,13H2,1H3,(H,27,29). The van der Waals surface area contributed by atoms with E-state index in [1.54, 1.807) is 37.5 Å². The largest absolute Gasteiger partial charge is 0.321 e. The van der Waals surface area contributed by atoms with Crippen molar-refractivity contribution in [3.8, 4) is 6.07 Å². The van der Waals surface area contributed by atoms with E-state index in [-0.39, 0.29) is 23.7 Å². The molecule has 1 aromatic carbocycles. The fraction of sp³-hybridized carbons (Fsp3) is 0.261. The summed E-state index contributed by atoms with van der Waals surface area (Å²) >= 11 is 0. The molecule has 7 nitrogen and oxygen atoms in total. The molecule has 0 spiro atoms. The number of hydrogen-bond donors (Lipinski definition) is 1. The molecule has 1 aliphatic carbocycles. The fourth-order valence-electron chi connectivity index (χ4n) is 3.32. The molecule has 1 fully saturated rings. The fourth-order valence-corrected chi connectivity index (χ4v) is 3.32. The number of aromatic nitrogens is 1. The maximum absolute atomic E-state index is 12.7. The number of nitriles is 1. The van der Waals surface area contributed by atoms with Gasteiger partial charge in [-0.3, -0.25) is 19.5 Å². The SMILES string of the molecule is CN(C(=O)C1CC1)c1cc(C(=O)NC2=CC(c3ccc(C#N)cc3)CN=C2)ccn1. The molecule has 2 aromatic rings. The summed E-state index contributed by atoms with van der Waals surface area (Å²) in [5, 5.41) is 11.8. The Morgan fingerprint density at radius 1 is 1.20 bits per heavy atom. The van der Waals surface area contributed by atoms with E-state index < -0.39 is 0 Å². The third-order valence-corrected chi connectivity index (χ3v) is 5.25. The molecule has 0 saturated heterocycles. The van der Waals surface area contributed by atoms with Gasteiger partial charge in [-0.05, 0) is 48.7 Å². The van der Waals surface area contributed by atoms with Crippen molar-refractivity contribution in [2.75, 3.05) is 18.5 Å². The number of rotatable bonds is 5. The molecule has 1 saturated carbocycles. The van der Waals surface area contributed by atoms with Crippen LogP contribution in [0.2, 0.25) is 0 Å². The first-order chi connectivity index (χ1) is 14.5. The lowest BCUT2D eigenvalue weighted by molar-refractivity contribution is -0.119. The minimum atomic E-state index is -0.288. The molecule has 1 aromatic heterocycles. The van der Waals surface area contributed by atoms with Crippen LogP contribution in [0.25, 0.3) is 0 Å². The molecule has 2 amide bonds. The van der Waals surface area contributed by atoms with E-state index in [1.807, 2.05) is 18.2 Å². The summed E-state index contributed by atoms with van der Waals surface area (Å²) in [5.41, 5.74) is 2.67. The molecule has 30 heavy (non-hydrogen) atoms. The van der Waals surface area contributed by atoms with Crippen molar-refractivity contribution in [1.82, 2.24) is 10.3 Å². The maximum atomic E-state index is 12.7. The third-order valence-electron chi connectivity index (χ3n) is 5.25. The molecule has 0 bridgehead atoms. The summed E-state index contributed by atoms with van der Waals surface area (Å²) in [5.74, 6) is 0.309. The summed E-state index contributed by atoms with van der Waals surface area (Å²) in [6.45, 7) is 0.582. The average Bonchev–Trinajstić information content (AvgIpc) is 3.64. The summed E-state index contributed by atoms with van der Waals surface area (Å²) in [7, 11) is 1.68. The van der Waals surface area contributed by atoms with Gasteiger partial charge in [0, 0.05) is 43.4 Å². The second-order valence-electron chi connectivity index (χ2n) is 7.48. The number of carbonyl (C=O) groups excluding carboxylic acids is 2. The second-order valence-corrected chi connectivity index (χ2v) is 7.48. The van der Waals surface area contributed by atoms with Crippen LogP contribution in [-0.2, 0) is 4.79 Å². The van der Waals surface area contributed by atoms with Crippen molar-refractivity contribution < 1.29 is 9.59 Å². The third kappa shape index (κ3) is 4.28. The first-order valence-corrected chi connectivity index (χ1v) is 9.82. The van der Waals surface area contributed by atoms with Gasteiger partial charge in [0.15, 0.2) is 0 Å². The number of benzene rings is 1. The molecule has 1 atom stereocenters. The van der Waals surface area contributed by atoms with E-state index >= 15 is 0 Å². The van der Waals surface area contributed by atoms with Gasteiger partial charge >= 0.3 is 0 Å². The maximum Gasteiger partial charge on any atom is 0.255 e. The first-order valence-electron chi connectivity index (χ1n) is 9.82. The highest BCUT2D eigenvalue weighted by Crippen LogP contribution is 2.31. The molecule has 2 heterocycles. The quantitative estimate of drug-likeness (QED) is 0.836. The summed E-state index contributed by atoms with van der Waals surface area (Å²) in [6.07, 6.45) is 6.96. The molecule has 1 N–H and O–H groups in total. The van der Waals surface area contributed by atoms with Crippen LogP contribution in [0.3, 0.4) is 0 Å². The van der Waals surface area contributed by atoms with Crippen molar-refractivity contribution in [2.24, 2.45) is 10.9 Å². The summed E-state index contributed by atoms with van der Waals surface area (Å²) in [6, 6.07) is 12.7. The average molecular weight is 399 g/mol. The van der Waals surface area contributed by atoms with Crippen molar-refractivity contribution in [2.45, 2.75) is 18.8 Å². The van der Waals surface area contributed by atoms with Crippen LogP contribution in [0.5, 0.6) is 0 Å². The van der Waals surface area contributed by atoms with E-state index in [1.165, 1.54) is 11.1 Å². The van der Waals surface area contributed by atoms with Crippen LogP contribution in [0.1, 0.15) is 40.2 Å². The van der Waals surface area contributed by atoms with Gasteiger partial charge < -0.3 is 5.32 Å². The van der Waals surface area contributed by atoms with E-state index in [4.69, 9.17) is 5.26 Å². The number of pyridine rings is 1. The van der Waals surface area contributed by atoms with Crippen molar-refractivity contribution in [3.63, 3.8) is 0 Å². The normalized spacial score (nSPS) is 17.6. The van der Waals surface area contributed by atoms with Crippen LogP contribution in [0, 0.1) is 17.2 Å². The Morgan fingerprint density at radius 3 is 2.67 bits per heavy atom. The van der Waals surface area contributed by atoms with E-state index in [2.05, 4.69) is 21.4 Å². The van der Waals surface area contributed by atoms with Gasteiger partial charge in [0.2, 0.25) is 5.91 Å². The number of hydrogen-bond acceptors (Lipinski definition) is 5. The molecular formula is C23H21N5O2. The monoisotopic (exact) mass is 399 g/mol. The number of anilines is 1. The predicted molar refractivity (Wildman–Crippen MR) is 113 cm³/mol. The number of amides is 2. The van der Waals surface area contributed by atoms with E-state index in [0.717, 1.165) is 18.4 Å². The molecule has 1 unspecified atom stereocenters. The number of dihydropyridines is 1. The number of aliphatic imine (C=N–C) groups is 1. The molecule has 1 aliphatic heterocycles. The Bertz CT molecular complexity index is 1080. The summed E-state index contributed by atoms with van der Waals surface area (Å²) < 4.78 is 0. The smallest absolute Gasteiger partial charge is 0.255 e. The molecule has 7 heteroatoms. The van der Waals surface area contributed by atoms with Crippen LogP contribution in [-0.4, -0.2) is 36.6 Å². The van der Waals surface area contributed by atoms with Crippen molar-refractivity contribution >= 4 is 23.8 Å². The van der Waals surface area contributed by atoms with Crippen LogP contribution < -0.4 is 10.2 Å². The van der Waals surface area contributed by atoms with Gasteiger partial charge in [0.05, 0.1) is 17.3 Å². The number of carbonyl (C=O) groups is 2. The topological polar surface area (TPSA) is 98.5 Å². The van der Waals surface area contributed by atoms with Gasteiger partial charge in [0.1, 0.15) is 5.82 Å². The lowest BCUT2D eigenvalue weighted by Crippen LogP contribution is -2.29. The number of allylic oxidation sites excluding steroid dienone is 1. The molecule has 150 valence electrons. The lowest BCUT2D eigenvalue weighted by atomic mass is 9.96. The van der Waals surface area contributed by atoms with Gasteiger partial charge in [-0.25, -0.2) is 4.98 Å². The minimum Gasteiger partial charge on any atom is -0.321 e. The highest BCUT2D eigenvalue weighted by Gasteiger charge is 2.33. The minimum absolute atomic E-state index is 0.0216. The van der Waals surface area contributed by atoms with E-state index in [9.17, 15) is 9.59 Å². The van der Waals surface area contributed by atoms with Crippen LogP contribution >= 0.6 is 0 Å². The van der Waals surface area contributed by atoms with Crippen molar-refractivity contribution in [1.29, 1.82) is 5.26 Å². The highest BCUT2D eigenvalue weighted by atomic mass is 16.2. The Labute approximate surface area is 174 Å². The van der Waals surface area contributed by atoms with Crippen LogP contribution in [0.4, 0.5) is 5.82 Å². The molecule has 2 aliphatic rings. The van der Waals surface area contributed by atoms with Crippen molar-refractivity contribution in [3.05, 3.63) is 71.1 Å². The zero-order valence-electron chi connectivity index (χ0n) is 16.6. The first kappa shape index (κ1) is 19.5. The molecular weight excluding hydrogens is 378 g/mol. The predicted octanol–water partition coefficient (Wildman–Crippen LogP) is 2.81. The zero-order valence-corrected chi connectivity index (χ0v) is 16.6. The zero-order chi connectivity index (χ0) is 21.1. The van der Waals surface area contributed by atoms with Gasteiger partial charge in [0.25, 0.3) is 5.91 Å². The Balaban J connectivity index is 1.47. The molecule has 4 rings (SSSR count). The Kier molecular flexibility index (Phi) is 5.40. The van der Waals surface area contributed by atoms with E-state index in [0.29, 0.717) is 29.2 Å². The lowest BCUT2D eigenvalue weighted by Gasteiger charge is -2.18. The second kappa shape index (κ2) is 8.29. The van der Waals surface area contributed by atoms with Gasteiger partial charge in [-0.15, -0.1) is 0 Å². The van der Waals surface area contributed by atoms with Gasteiger partial charge in [-0.2, -0.15) is 5.26 Å².